The van der Waals surface area contributed by atoms with Crippen molar-refractivity contribution < 1.29 is 23.2 Å². The average Bonchev–Trinajstić information content (AvgIpc) is 3.38. The van der Waals surface area contributed by atoms with Crippen molar-refractivity contribution in [1.29, 1.82) is 0 Å². The number of para-hydroxylation sites is 1. The van der Waals surface area contributed by atoms with Gasteiger partial charge in [-0.1, -0.05) is 23.4 Å². The van der Waals surface area contributed by atoms with Crippen LogP contribution in [0.1, 0.15) is 42.0 Å². The smallest absolute Gasteiger partial charge is 0.375 e. The van der Waals surface area contributed by atoms with Crippen LogP contribution in [0.15, 0.2) is 57.7 Å². The number of fused-ring (bicyclic) bond motifs is 1. The number of furan rings is 1. The number of pyridine rings is 1. The molecule has 8 heteroatoms. The van der Waals surface area contributed by atoms with Crippen molar-refractivity contribution in [1.82, 2.24) is 15.1 Å². The third kappa shape index (κ3) is 3.88. The fraction of sp³-hybridized carbons (Fsp3) is 0.238. The molecule has 148 valence electrons. The van der Waals surface area contributed by atoms with Gasteiger partial charge in [-0.25, -0.2) is 4.79 Å². The predicted molar refractivity (Wildman–Crippen MR) is 103 cm³/mol. The first-order chi connectivity index (χ1) is 14.2. The number of carbonyl (C=O) groups excluding carboxylic acids is 1. The maximum absolute atomic E-state index is 12.8. The van der Waals surface area contributed by atoms with Crippen LogP contribution in [0.4, 0.5) is 0 Å². The third-order valence-corrected chi connectivity index (χ3v) is 4.33. The molecule has 0 bridgehead atoms. The van der Waals surface area contributed by atoms with Crippen LogP contribution >= 0.6 is 0 Å². The van der Waals surface area contributed by atoms with E-state index >= 15 is 0 Å². The first-order valence-electron chi connectivity index (χ1n) is 9.20. The number of rotatable bonds is 7. The summed E-state index contributed by atoms with van der Waals surface area (Å²) in [6, 6.07) is 11.0. The maximum Gasteiger partial charge on any atom is 0.375 e. The fourth-order valence-corrected chi connectivity index (χ4v) is 2.89. The molecule has 4 rings (SSSR count). The van der Waals surface area contributed by atoms with E-state index in [0.717, 1.165) is 5.39 Å². The molecule has 0 aliphatic carbocycles. The number of carbonyl (C=O) groups is 1. The summed E-state index contributed by atoms with van der Waals surface area (Å²) in [6.45, 7) is 4.31. The Morgan fingerprint density at radius 1 is 1.21 bits per heavy atom. The van der Waals surface area contributed by atoms with Gasteiger partial charge in [-0.15, -0.1) is 0 Å². The van der Waals surface area contributed by atoms with Gasteiger partial charge in [-0.05, 0) is 32.0 Å². The van der Waals surface area contributed by atoms with Crippen molar-refractivity contribution in [2.75, 3.05) is 6.61 Å². The molecule has 0 radical (unpaired) electrons. The highest BCUT2D eigenvalue weighted by atomic mass is 16.6. The molecule has 8 nitrogen and oxygen atoms in total. The van der Waals surface area contributed by atoms with E-state index in [0.29, 0.717) is 29.1 Å². The lowest BCUT2D eigenvalue weighted by molar-refractivity contribution is 0.0226. The molecule has 0 N–H and O–H groups in total. The number of hydrogen-bond donors (Lipinski definition) is 0. The van der Waals surface area contributed by atoms with Crippen molar-refractivity contribution in [3.05, 3.63) is 66.0 Å². The average molecular weight is 393 g/mol. The molecular weight excluding hydrogens is 374 g/mol. The molecule has 0 saturated heterocycles. The highest BCUT2D eigenvalue weighted by Crippen LogP contribution is 2.29. The quantitative estimate of drug-likeness (QED) is 0.428. The van der Waals surface area contributed by atoms with Gasteiger partial charge in [0, 0.05) is 35.5 Å². The number of nitrogens with zero attached hydrogens (tertiary/aromatic N) is 3. The topological polar surface area (TPSA) is 100 Å². The predicted octanol–water partition coefficient (Wildman–Crippen LogP) is 4.33. The molecule has 29 heavy (non-hydrogen) atoms. The molecule has 4 aromatic rings. The number of aromatic nitrogens is 3. The first kappa shape index (κ1) is 18.8. The summed E-state index contributed by atoms with van der Waals surface area (Å²) in [4.78, 5) is 21.1. The number of ether oxygens (including phenoxy) is 2. The minimum Gasteiger partial charge on any atom is -0.449 e. The van der Waals surface area contributed by atoms with Crippen molar-refractivity contribution in [3.8, 4) is 11.4 Å². The minimum absolute atomic E-state index is 0.110. The zero-order valence-electron chi connectivity index (χ0n) is 16.0. The Labute approximate surface area is 166 Å². The van der Waals surface area contributed by atoms with Gasteiger partial charge in [0.15, 0.2) is 6.10 Å². The van der Waals surface area contributed by atoms with E-state index in [1.807, 2.05) is 31.2 Å². The summed E-state index contributed by atoms with van der Waals surface area (Å²) in [6.07, 6.45) is 2.52. The number of hydrogen-bond acceptors (Lipinski definition) is 8. The van der Waals surface area contributed by atoms with Crippen LogP contribution in [0.25, 0.3) is 22.4 Å². The Kier molecular flexibility index (Phi) is 5.35. The van der Waals surface area contributed by atoms with Gasteiger partial charge in [0.2, 0.25) is 11.6 Å². The Bertz CT molecular complexity index is 1120. The molecule has 0 aliphatic heterocycles. The molecular formula is C21H19N3O5. The Hall–Kier alpha value is -3.52. The van der Waals surface area contributed by atoms with Gasteiger partial charge in [0.25, 0.3) is 5.89 Å². The van der Waals surface area contributed by atoms with Gasteiger partial charge >= 0.3 is 5.97 Å². The highest BCUT2D eigenvalue weighted by Gasteiger charge is 2.26. The molecule has 0 unspecified atom stereocenters. The van der Waals surface area contributed by atoms with Gasteiger partial charge in [-0.2, -0.15) is 4.98 Å². The van der Waals surface area contributed by atoms with Crippen LogP contribution in [0.2, 0.25) is 0 Å². The summed E-state index contributed by atoms with van der Waals surface area (Å²) in [5, 5.41) is 4.74. The highest BCUT2D eigenvalue weighted by molar-refractivity contribution is 5.96. The van der Waals surface area contributed by atoms with E-state index in [9.17, 15) is 4.79 Å². The van der Waals surface area contributed by atoms with E-state index < -0.39 is 12.1 Å². The summed E-state index contributed by atoms with van der Waals surface area (Å²) in [7, 11) is 0. The normalized spacial score (nSPS) is 12.2. The van der Waals surface area contributed by atoms with E-state index in [-0.39, 0.29) is 18.3 Å². The van der Waals surface area contributed by atoms with E-state index in [1.165, 1.54) is 0 Å². The monoisotopic (exact) mass is 393 g/mol. The van der Waals surface area contributed by atoms with Crippen molar-refractivity contribution in [2.45, 2.75) is 26.6 Å². The summed E-state index contributed by atoms with van der Waals surface area (Å²) >= 11 is 0. The molecule has 1 atom stereocenters. The molecule has 0 amide bonds. The number of benzene rings is 1. The second kappa shape index (κ2) is 8.24. The van der Waals surface area contributed by atoms with Crippen LogP contribution in [-0.4, -0.2) is 27.7 Å². The molecule has 3 aromatic heterocycles. The number of esters is 1. The van der Waals surface area contributed by atoms with Crippen LogP contribution < -0.4 is 0 Å². The summed E-state index contributed by atoms with van der Waals surface area (Å²) in [5.41, 5.74) is 1.96. The SMILES string of the molecule is CCOCc1c(C(=O)O[C@H](C)c2nc(-c3cccnc3)no2)oc2ccccc12. The lowest BCUT2D eigenvalue weighted by atomic mass is 10.1. The summed E-state index contributed by atoms with van der Waals surface area (Å²) in [5.74, 6) is 0.0412. The van der Waals surface area contributed by atoms with Crippen LogP contribution in [-0.2, 0) is 16.1 Å². The Balaban J connectivity index is 1.56. The second-order valence-electron chi connectivity index (χ2n) is 6.29. The van der Waals surface area contributed by atoms with E-state index in [2.05, 4.69) is 15.1 Å². The zero-order valence-corrected chi connectivity index (χ0v) is 16.0. The molecule has 0 fully saturated rings. The van der Waals surface area contributed by atoms with Crippen LogP contribution in [0.3, 0.4) is 0 Å². The van der Waals surface area contributed by atoms with Gasteiger partial charge in [0.05, 0.1) is 6.61 Å². The van der Waals surface area contributed by atoms with E-state index in [1.54, 1.807) is 31.5 Å². The summed E-state index contributed by atoms with van der Waals surface area (Å²) < 4.78 is 22.0. The molecule has 3 heterocycles. The largest absolute Gasteiger partial charge is 0.449 e. The lowest BCUT2D eigenvalue weighted by Crippen LogP contribution is -2.11. The Morgan fingerprint density at radius 3 is 2.86 bits per heavy atom. The van der Waals surface area contributed by atoms with Crippen molar-refractivity contribution >= 4 is 16.9 Å². The second-order valence-corrected chi connectivity index (χ2v) is 6.29. The molecule has 1 aromatic carbocycles. The maximum atomic E-state index is 12.8. The first-order valence-corrected chi connectivity index (χ1v) is 9.20. The minimum atomic E-state index is -0.756. The molecule has 0 saturated carbocycles. The van der Waals surface area contributed by atoms with E-state index in [4.69, 9.17) is 18.4 Å². The molecule has 0 spiro atoms. The van der Waals surface area contributed by atoms with Crippen molar-refractivity contribution in [3.63, 3.8) is 0 Å². The zero-order chi connectivity index (χ0) is 20.2. The van der Waals surface area contributed by atoms with Crippen LogP contribution in [0, 0.1) is 0 Å². The van der Waals surface area contributed by atoms with Gasteiger partial charge in [0.1, 0.15) is 5.58 Å². The Morgan fingerprint density at radius 2 is 2.07 bits per heavy atom. The van der Waals surface area contributed by atoms with Gasteiger partial charge in [-0.3, -0.25) is 4.98 Å². The standard InChI is InChI=1S/C21H19N3O5/c1-3-26-12-16-15-8-4-5-9-17(15)28-18(16)21(25)27-13(2)20-23-19(24-29-20)14-7-6-10-22-11-14/h4-11,13H,3,12H2,1-2H3/t13-/m1/s1. The van der Waals surface area contributed by atoms with Crippen LogP contribution in [0.5, 0.6) is 0 Å². The van der Waals surface area contributed by atoms with Gasteiger partial charge < -0.3 is 18.4 Å². The fourth-order valence-electron chi connectivity index (χ4n) is 2.89. The van der Waals surface area contributed by atoms with Crippen molar-refractivity contribution in [2.24, 2.45) is 0 Å². The molecule has 0 aliphatic rings. The lowest BCUT2D eigenvalue weighted by Gasteiger charge is -2.09. The third-order valence-electron chi connectivity index (χ3n) is 4.33.